The van der Waals surface area contributed by atoms with Crippen molar-refractivity contribution >= 4 is 5.78 Å². The van der Waals surface area contributed by atoms with Crippen LogP contribution in [0.4, 0.5) is 4.39 Å². The van der Waals surface area contributed by atoms with Gasteiger partial charge in [-0.1, -0.05) is 32.4 Å². The molecule has 3 nitrogen and oxygen atoms in total. The molecule has 1 N–H and O–H groups in total. The lowest BCUT2D eigenvalue weighted by Crippen LogP contribution is -2.35. The summed E-state index contributed by atoms with van der Waals surface area (Å²) in [5.41, 5.74) is 0.152. The number of rotatable bonds is 9. The lowest BCUT2D eigenvalue weighted by Gasteiger charge is -2.24. The zero-order valence-electron chi connectivity index (χ0n) is 12.3. The number of aliphatic hydroxyl groups excluding tert-OH is 1. The second-order valence-electron chi connectivity index (χ2n) is 5.12. The fourth-order valence-electron chi connectivity index (χ4n) is 2.21. The quantitative estimate of drug-likeness (QED) is 0.708. The highest BCUT2D eigenvalue weighted by Gasteiger charge is 2.20. The molecule has 0 radical (unpaired) electrons. The molecule has 1 rings (SSSR count). The van der Waals surface area contributed by atoms with Crippen molar-refractivity contribution in [3.05, 3.63) is 35.6 Å². The minimum Gasteiger partial charge on any atom is -0.395 e. The van der Waals surface area contributed by atoms with Gasteiger partial charge in [0.25, 0.3) is 0 Å². The van der Waals surface area contributed by atoms with Crippen LogP contribution in [0.5, 0.6) is 0 Å². The van der Waals surface area contributed by atoms with E-state index in [0.29, 0.717) is 13.1 Å². The van der Waals surface area contributed by atoms with Crippen LogP contribution in [0.2, 0.25) is 0 Å². The molecule has 0 aliphatic heterocycles. The molecule has 0 saturated carbocycles. The Kier molecular flexibility index (Phi) is 7.41. The Hall–Kier alpha value is -1.26. The number of benzene rings is 1. The summed E-state index contributed by atoms with van der Waals surface area (Å²) in [4.78, 5) is 14.3. The smallest absolute Gasteiger partial charge is 0.169 e. The molecule has 1 aromatic rings. The van der Waals surface area contributed by atoms with Gasteiger partial charge in [0.05, 0.1) is 12.2 Å². The lowest BCUT2D eigenvalue weighted by molar-refractivity contribution is 0.0876. The summed E-state index contributed by atoms with van der Waals surface area (Å²) in [6, 6.07) is 6.08. The Morgan fingerprint density at radius 1 is 1.35 bits per heavy atom. The van der Waals surface area contributed by atoms with Crippen LogP contribution < -0.4 is 0 Å². The molecule has 0 saturated heterocycles. The lowest BCUT2D eigenvalue weighted by atomic mass is 9.98. The summed E-state index contributed by atoms with van der Waals surface area (Å²) >= 11 is 0. The number of ketones is 1. The average molecular weight is 281 g/mol. The number of hydrogen-bond acceptors (Lipinski definition) is 3. The van der Waals surface area contributed by atoms with Crippen molar-refractivity contribution in [1.29, 1.82) is 0 Å². The highest BCUT2D eigenvalue weighted by Crippen LogP contribution is 2.14. The summed E-state index contributed by atoms with van der Waals surface area (Å²) in [7, 11) is 0. The summed E-state index contributed by atoms with van der Waals surface area (Å²) in [5, 5.41) is 9.06. The van der Waals surface area contributed by atoms with Crippen molar-refractivity contribution in [3.8, 4) is 0 Å². The zero-order valence-corrected chi connectivity index (χ0v) is 12.3. The molecule has 20 heavy (non-hydrogen) atoms. The Morgan fingerprint density at radius 2 is 2.05 bits per heavy atom. The van der Waals surface area contributed by atoms with Crippen LogP contribution in [0.3, 0.4) is 0 Å². The van der Waals surface area contributed by atoms with Crippen LogP contribution >= 0.6 is 0 Å². The summed E-state index contributed by atoms with van der Waals surface area (Å²) in [6.07, 6.45) is 2.10. The fourth-order valence-corrected chi connectivity index (χ4v) is 2.21. The summed E-state index contributed by atoms with van der Waals surface area (Å²) in [6.45, 7) is 5.94. The van der Waals surface area contributed by atoms with Crippen molar-refractivity contribution in [2.45, 2.75) is 26.7 Å². The molecule has 0 spiro atoms. The van der Waals surface area contributed by atoms with E-state index in [9.17, 15) is 9.18 Å². The van der Waals surface area contributed by atoms with Gasteiger partial charge in [-0.3, -0.25) is 4.79 Å². The third-order valence-corrected chi connectivity index (χ3v) is 3.36. The van der Waals surface area contributed by atoms with E-state index >= 15 is 0 Å². The highest BCUT2D eigenvalue weighted by atomic mass is 19.1. The topological polar surface area (TPSA) is 40.5 Å². The molecule has 1 atom stereocenters. The first-order valence-corrected chi connectivity index (χ1v) is 7.22. The minimum atomic E-state index is -0.466. The predicted octanol–water partition coefficient (Wildman–Crippen LogP) is 2.74. The minimum absolute atomic E-state index is 0.0737. The van der Waals surface area contributed by atoms with E-state index in [0.717, 1.165) is 19.4 Å². The number of aliphatic hydroxyl groups is 1. The molecule has 1 unspecified atom stereocenters. The Labute approximate surface area is 120 Å². The molecule has 1 aromatic carbocycles. The van der Waals surface area contributed by atoms with E-state index in [-0.39, 0.29) is 23.9 Å². The summed E-state index contributed by atoms with van der Waals surface area (Å²) in [5.74, 6) is -0.926. The van der Waals surface area contributed by atoms with E-state index < -0.39 is 5.82 Å². The van der Waals surface area contributed by atoms with Crippen LogP contribution in [0.15, 0.2) is 24.3 Å². The van der Waals surface area contributed by atoms with Crippen molar-refractivity contribution in [2.75, 3.05) is 26.2 Å². The second kappa shape index (κ2) is 8.82. The monoisotopic (exact) mass is 281 g/mol. The number of halogens is 1. The highest BCUT2D eigenvalue weighted by molar-refractivity contribution is 5.98. The maximum atomic E-state index is 13.6. The average Bonchev–Trinajstić information content (AvgIpc) is 2.44. The molecular weight excluding hydrogens is 257 g/mol. The first-order valence-electron chi connectivity index (χ1n) is 7.22. The van der Waals surface area contributed by atoms with Gasteiger partial charge in [0.1, 0.15) is 5.82 Å². The molecule has 0 amide bonds. The molecule has 0 aromatic heterocycles. The third-order valence-electron chi connectivity index (χ3n) is 3.36. The van der Waals surface area contributed by atoms with E-state index in [2.05, 4.69) is 11.8 Å². The Morgan fingerprint density at radius 3 is 2.65 bits per heavy atom. The number of carbonyl (C=O) groups is 1. The van der Waals surface area contributed by atoms with Crippen molar-refractivity contribution in [1.82, 2.24) is 4.90 Å². The van der Waals surface area contributed by atoms with E-state index in [1.165, 1.54) is 12.1 Å². The van der Waals surface area contributed by atoms with Crippen LogP contribution in [0.1, 0.15) is 37.0 Å². The Bertz CT molecular complexity index is 423. The normalized spacial score (nSPS) is 12.7. The van der Waals surface area contributed by atoms with Crippen LogP contribution in [0.25, 0.3) is 0 Å². The summed E-state index contributed by atoms with van der Waals surface area (Å²) < 4.78 is 13.6. The van der Waals surface area contributed by atoms with Gasteiger partial charge in [0.15, 0.2) is 5.78 Å². The van der Waals surface area contributed by atoms with Gasteiger partial charge in [0, 0.05) is 19.0 Å². The molecule has 0 aliphatic rings. The number of nitrogens with zero attached hydrogens (tertiary/aromatic N) is 1. The van der Waals surface area contributed by atoms with E-state index in [1.54, 1.807) is 12.1 Å². The maximum absolute atomic E-state index is 13.6. The largest absolute Gasteiger partial charge is 0.395 e. The standard InChI is InChI=1S/C16H24FNO2/c1-3-4-9-18(10-11-19)12-13(2)16(20)14-7-5-6-8-15(14)17/h5-8,13,19H,3-4,9-12H2,1-2H3. The van der Waals surface area contributed by atoms with Gasteiger partial charge in [-0.05, 0) is 25.1 Å². The van der Waals surface area contributed by atoms with Gasteiger partial charge in [-0.15, -0.1) is 0 Å². The van der Waals surface area contributed by atoms with Gasteiger partial charge in [-0.2, -0.15) is 0 Å². The number of hydrogen-bond donors (Lipinski definition) is 1. The molecule has 4 heteroatoms. The van der Waals surface area contributed by atoms with Gasteiger partial charge in [0.2, 0.25) is 0 Å². The number of carbonyl (C=O) groups excluding carboxylic acids is 1. The molecule has 0 heterocycles. The van der Waals surface area contributed by atoms with Crippen LogP contribution in [-0.2, 0) is 0 Å². The number of unbranched alkanes of at least 4 members (excludes halogenated alkanes) is 1. The molecule has 0 fully saturated rings. The molecule has 112 valence electrons. The third kappa shape index (κ3) is 5.02. The second-order valence-corrected chi connectivity index (χ2v) is 5.12. The zero-order chi connectivity index (χ0) is 15.0. The van der Waals surface area contributed by atoms with Crippen molar-refractivity contribution in [3.63, 3.8) is 0 Å². The van der Waals surface area contributed by atoms with E-state index in [1.807, 2.05) is 6.92 Å². The van der Waals surface area contributed by atoms with Gasteiger partial charge in [-0.25, -0.2) is 4.39 Å². The molecular formula is C16H24FNO2. The Balaban J connectivity index is 2.65. The van der Waals surface area contributed by atoms with E-state index in [4.69, 9.17) is 5.11 Å². The van der Waals surface area contributed by atoms with Crippen molar-refractivity contribution in [2.24, 2.45) is 5.92 Å². The molecule has 0 aliphatic carbocycles. The predicted molar refractivity (Wildman–Crippen MR) is 78.3 cm³/mol. The van der Waals surface area contributed by atoms with Crippen LogP contribution in [0, 0.1) is 11.7 Å². The van der Waals surface area contributed by atoms with Crippen LogP contribution in [-0.4, -0.2) is 42.0 Å². The fraction of sp³-hybridized carbons (Fsp3) is 0.562. The molecule has 0 bridgehead atoms. The van der Waals surface area contributed by atoms with Gasteiger partial charge < -0.3 is 10.0 Å². The first kappa shape index (κ1) is 16.8. The van der Waals surface area contributed by atoms with Gasteiger partial charge >= 0.3 is 0 Å². The maximum Gasteiger partial charge on any atom is 0.169 e. The number of Topliss-reactive ketones (excluding diaryl/α,β-unsaturated/α-hetero) is 1. The van der Waals surface area contributed by atoms with Crippen molar-refractivity contribution < 1.29 is 14.3 Å². The SMILES string of the molecule is CCCCN(CCO)CC(C)C(=O)c1ccccc1F. The first-order chi connectivity index (χ1) is 9.60.